The van der Waals surface area contributed by atoms with Gasteiger partial charge in [-0.25, -0.2) is 4.39 Å². The molecule has 3 N–H and O–H groups in total. The van der Waals surface area contributed by atoms with E-state index in [0.29, 0.717) is 6.54 Å². The molecule has 1 aromatic rings. The molecule has 0 heterocycles. The Balaban J connectivity index is 0.00000144. The van der Waals surface area contributed by atoms with Gasteiger partial charge in [0.1, 0.15) is 0 Å². The molecule has 0 bridgehead atoms. The molecule has 0 radical (unpaired) electrons. The second-order valence-corrected chi connectivity index (χ2v) is 2.85. The molecule has 1 unspecified atom stereocenters. The van der Waals surface area contributed by atoms with Crippen molar-refractivity contribution in [1.29, 1.82) is 0 Å². The van der Waals surface area contributed by atoms with Gasteiger partial charge in [-0.05, 0) is 30.2 Å². The van der Waals surface area contributed by atoms with E-state index < -0.39 is 5.82 Å². The summed E-state index contributed by atoms with van der Waals surface area (Å²) in [4.78, 5) is 0. The van der Waals surface area contributed by atoms with Crippen molar-refractivity contribution in [3.63, 3.8) is 0 Å². The summed E-state index contributed by atoms with van der Waals surface area (Å²) in [5, 5.41) is 8.89. The van der Waals surface area contributed by atoms with Crippen molar-refractivity contribution in [3.05, 3.63) is 29.6 Å². The summed E-state index contributed by atoms with van der Waals surface area (Å²) in [5.74, 6) is -0.782. The molecule has 0 aliphatic carbocycles. The second kappa shape index (κ2) is 5.19. The van der Waals surface area contributed by atoms with E-state index in [9.17, 15) is 4.39 Å². The predicted octanol–water partition coefficient (Wildman–Crippen LogP) is 2.17. The average molecular weight is 250 g/mol. The zero-order valence-electron chi connectivity index (χ0n) is 7.33. The van der Waals surface area contributed by atoms with Crippen LogP contribution in [0.25, 0.3) is 0 Å². The number of hydrogen-bond acceptors (Lipinski definition) is 2. The monoisotopic (exact) mass is 249 g/mol. The lowest BCUT2D eigenvalue weighted by atomic mass is 10.0. The fourth-order valence-electron chi connectivity index (χ4n) is 0.966. The van der Waals surface area contributed by atoms with Crippen LogP contribution in [0.3, 0.4) is 0 Å². The molecule has 0 fully saturated rings. The van der Waals surface area contributed by atoms with E-state index in [1.165, 1.54) is 12.1 Å². The molecule has 1 rings (SSSR count). The van der Waals surface area contributed by atoms with Crippen LogP contribution in [-0.4, -0.2) is 11.7 Å². The minimum Gasteiger partial charge on any atom is -0.505 e. The number of benzene rings is 1. The molecule has 0 aliphatic rings. The van der Waals surface area contributed by atoms with Gasteiger partial charge in [0.25, 0.3) is 0 Å². The Hall–Kier alpha value is -0.610. The van der Waals surface area contributed by atoms with Crippen LogP contribution in [0.1, 0.15) is 18.4 Å². The second-order valence-electron chi connectivity index (χ2n) is 2.85. The number of rotatable bonds is 2. The van der Waals surface area contributed by atoms with Gasteiger partial charge in [-0.3, -0.25) is 0 Å². The van der Waals surface area contributed by atoms with Crippen molar-refractivity contribution < 1.29 is 9.50 Å². The maximum absolute atomic E-state index is 12.8. The summed E-state index contributed by atoms with van der Waals surface area (Å²) >= 11 is 0. The molecular formula is C9H13BrFNO. The van der Waals surface area contributed by atoms with Crippen molar-refractivity contribution in [1.82, 2.24) is 0 Å². The van der Waals surface area contributed by atoms with Gasteiger partial charge < -0.3 is 10.8 Å². The van der Waals surface area contributed by atoms with E-state index in [2.05, 4.69) is 0 Å². The summed E-state index contributed by atoms with van der Waals surface area (Å²) in [7, 11) is 0. The highest BCUT2D eigenvalue weighted by atomic mass is 79.9. The fourth-order valence-corrected chi connectivity index (χ4v) is 0.966. The Labute approximate surface area is 87.3 Å². The molecule has 13 heavy (non-hydrogen) atoms. The normalized spacial score (nSPS) is 11.9. The number of nitrogens with two attached hydrogens (primary N) is 1. The maximum Gasteiger partial charge on any atom is 0.165 e. The number of phenols is 1. The Bertz CT molecular complexity index is 280. The van der Waals surface area contributed by atoms with Gasteiger partial charge in [0.15, 0.2) is 11.6 Å². The highest BCUT2D eigenvalue weighted by Crippen LogP contribution is 2.20. The lowest BCUT2D eigenvalue weighted by molar-refractivity contribution is 0.431. The molecule has 74 valence electrons. The first-order chi connectivity index (χ1) is 5.65. The highest BCUT2D eigenvalue weighted by Gasteiger charge is 2.06. The van der Waals surface area contributed by atoms with E-state index in [1.807, 2.05) is 6.92 Å². The van der Waals surface area contributed by atoms with Crippen molar-refractivity contribution in [2.75, 3.05) is 6.54 Å². The van der Waals surface area contributed by atoms with Crippen LogP contribution in [0.15, 0.2) is 18.2 Å². The van der Waals surface area contributed by atoms with Crippen LogP contribution < -0.4 is 5.73 Å². The summed E-state index contributed by atoms with van der Waals surface area (Å²) in [5.41, 5.74) is 6.22. The standard InChI is InChI=1S/C9H12FNO.BrH/c1-6(5-11)7-2-3-9(12)8(10)4-7;/h2-4,6,12H,5,11H2,1H3;1H. The van der Waals surface area contributed by atoms with E-state index >= 15 is 0 Å². The minimum absolute atomic E-state index is 0. The van der Waals surface area contributed by atoms with Crippen molar-refractivity contribution >= 4 is 17.0 Å². The van der Waals surface area contributed by atoms with Crippen LogP contribution in [-0.2, 0) is 0 Å². The van der Waals surface area contributed by atoms with Crippen molar-refractivity contribution in [3.8, 4) is 5.75 Å². The molecule has 0 saturated heterocycles. The molecule has 0 saturated carbocycles. The number of hydrogen-bond donors (Lipinski definition) is 2. The third-order valence-electron chi connectivity index (χ3n) is 1.89. The zero-order valence-corrected chi connectivity index (χ0v) is 9.04. The first-order valence-corrected chi connectivity index (χ1v) is 3.83. The Kier molecular flexibility index (Phi) is 4.95. The van der Waals surface area contributed by atoms with E-state index in [4.69, 9.17) is 10.8 Å². The number of aromatic hydroxyl groups is 1. The molecule has 0 aliphatic heterocycles. The summed E-state index contributed by atoms with van der Waals surface area (Å²) < 4.78 is 12.8. The van der Waals surface area contributed by atoms with Crippen LogP contribution in [0.2, 0.25) is 0 Å². The van der Waals surface area contributed by atoms with Gasteiger partial charge in [-0.15, -0.1) is 17.0 Å². The summed E-state index contributed by atoms with van der Waals surface area (Å²) in [6.07, 6.45) is 0. The maximum atomic E-state index is 12.8. The van der Waals surface area contributed by atoms with E-state index in [-0.39, 0.29) is 28.6 Å². The predicted molar refractivity (Wildman–Crippen MR) is 55.9 cm³/mol. The largest absolute Gasteiger partial charge is 0.505 e. The van der Waals surface area contributed by atoms with Crippen LogP contribution in [0.5, 0.6) is 5.75 Å². The van der Waals surface area contributed by atoms with E-state index in [0.717, 1.165) is 5.56 Å². The van der Waals surface area contributed by atoms with Gasteiger partial charge in [0, 0.05) is 0 Å². The number of halogens is 2. The Morgan fingerprint density at radius 1 is 1.54 bits per heavy atom. The third kappa shape index (κ3) is 2.97. The minimum atomic E-state index is -0.590. The van der Waals surface area contributed by atoms with Gasteiger partial charge in [-0.2, -0.15) is 0 Å². The van der Waals surface area contributed by atoms with Gasteiger partial charge in [0.05, 0.1) is 0 Å². The zero-order chi connectivity index (χ0) is 9.14. The van der Waals surface area contributed by atoms with Gasteiger partial charge >= 0.3 is 0 Å². The molecule has 1 aromatic carbocycles. The van der Waals surface area contributed by atoms with E-state index in [1.54, 1.807) is 6.07 Å². The summed E-state index contributed by atoms with van der Waals surface area (Å²) in [6, 6.07) is 4.33. The first kappa shape index (κ1) is 12.4. The molecule has 0 spiro atoms. The molecule has 2 nitrogen and oxygen atoms in total. The lowest BCUT2D eigenvalue weighted by Crippen LogP contribution is -2.08. The Morgan fingerprint density at radius 2 is 2.15 bits per heavy atom. The quantitative estimate of drug-likeness (QED) is 0.844. The molecule has 1 atom stereocenters. The van der Waals surface area contributed by atoms with Crippen molar-refractivity contribution in [2.45, 2.75) is 12.8 Å². The average Bonchev–Trinajstić information content (AvgIpc) is 2.08. The Morgan fingerprint density at radius 3 is 2.62 bits per heavy atom. The molecular weight excluding hydrogens is 237 g/mol. The molecule has 0 aromatic heterocycles. The SMILES string of the molecule is Br.CC(CN)c1ccc(O)c(F)c1. The first-order valence-electron chi connectivity index (χ1n) is 3.83. The van der Waals surface area contributed by atoms with Crippen LogP contribution >= 0.6 is 17.0 Å². The van der Waals surface area contributed by atoms with Gasteiger partial charge in [0.2, 0.25) is 0 Å². The number of phenolic OH excluding ortho intramolecular Hbond substituents is 1. The topological polar surface area (TPSA) is 46.2 Å². The van der Waals surface area contributed by atoms with Crippen LogP contribution in [0.4, 0.5) is 4.39 Å². The van der Waals surface area contributed by atoms with Crippen LogP contribution in [0, 0.1) is 5.82 Å². The third-order valence-corrected chi connectivity index (χ3v) is 1.89. The smallest absolute Gasteiger partial charge is 0.165 e. The summed E-state index contributed by atoms with van der Waals surface area (Å²) in [6.45, 7) is 2.38. The van der Waals surface area contributed by atoms with Gasteiger partial charge in [-0.1, -0.05) is 13.0 Å². The highest BCUT2D eigenvalue weighted by molar-refractivity contribution is 8.93. The lowest BCUT2D eigenvalue weighted by Gasteiger charge is -2.08. The molecule has 0 amide bonds. The van der Waals surface area contributed by atoms with Crippen molar-refractivity contribution in [2.24, 2.45) is 5.73 Å². The fraction of sp³-hybridized carbons (Fsp3) is 0.333. The molecule has 4 heteroatoms.